The van der Waals surface area contributed by atoms with Gasteiger partial charge in [0.25, 0.3) is 0 Å². The molecule has 0 spiro atoms. The first-order valence-corrected chi connectivity index (χ1v) is 19.9. The topological polar surface area (TPSA) is 22.2 Å². The first-order chi connectivity index (χ1) is 28.7. The summed E-state index contributed by atoms with van der Waals surface area (Å²) >= 11 is 0. The molecule has 0 fully saturated rings. The zero-order valence-electron chi connectivity index (χ0n) is 31.5. The Kier molecular flexibility index (Phi) is 7.23. The number of benzene rings is 8. The van der Waals surface area contributed by atoms with E-state index in [-0.39, 0.29) is 0 Å². The second-order valence-corrected chi connectivity index (χ2v) is 15.2. The molecule has 0 saturated carbocycles. The van der Waals surface area contributed by atoms with E-state index in [1.807, 2.05) is 0 Å². The van der Waals surface area contributed by atoms with Gasteiger partial charge in [0.05, 0.1) is 33.3 Å². The lowest BCUT2D eigenvalue weighted by molar-refractivity contribution is 1.09. The molecule has 0 N–H and O–H groups in total. The van der Waals surface area contributed by atoms with Crippen LogP contribution in [0, 0.1) is 0 Å². The standard InChI is InChI=1S/C55H35N3/c1-3-15-36(16-4-1)38-20-13-22-40(29-38)43-31-49(41-23-14-21-39(30-41)37-17-5-2-6-18-37)56-55(33-43)58-52-28-12-9-25-45(52)47-34-46-44-24-8-11-27-51(44)57-50-26-10-7-19-42(50)32-53(57)48(46)35-54(47)58/h1-35H. The van der Waals surface area contributed by atoms with E-state index in [1.54, 1.807) is 0 Å². The van der Waals surface area contributed by atoms with Crippen LogP contribution in [-0.4, -0.2) is 14.0 Å². The van der Waals surface area contributed by atoms with E-state index >= 15 is 0 Å². The Bertz CT molecular complexity index is 3460. The van der Waals surface area contributed by atoms with Crippen molar-refractivity contribution in [3.63, 3.8) is 0 Å². The van der Waals surface area contributed by atoms with Crippen LogP contribution < -0.4 is 0 Å². The molecule has 0 amide bonds. The van der Waals surface area contributed by atoms with Crippen LogP contribution in [0.5, 0.6) is 0 Å². The van der Waals surface area contributed by atoms with E-state index in [1.165, 1.54) is 65.6 Å². The molecule has 0 atom stereocenters. The summed E-state index contributed by atoms with van der Waals surface area (Å²) in [6, 6.07) is 76.9. The van der Waals surface area contributed by atoms with Crippen LogP contribution in [0.2, 0.25) is 0 Å². The highest BCUT2D eigenvalue weighted by Gasteiger charge is 2.20. The fraction of sp³-hybridized carbons (Fsp3) is 0. The van der Waals surface area contributed by atoms with Gasteiger partial charge in [-0.2, -0.15) is 0 Å². The van der Waals surface area contributed by atoms with Gasteiger partial charge < -0.3 is 4.40 Å². The van der Waals surface area contributed by atoms with Crippen LogP contribution in [0.3, 0.4) is 0 Å². The van der Waals surface area contributed by atoms with Crippen LogP contribution in [-0.2, 0) is 0 Å². The Labute approximate surface area is 335 Å². The van der Waals surface area contributed by atoms with Gasteiger partial charge in [-0.25, -0.2) is 4.98 Å². The maximum absolute atomic E-state index is 5.57. The molecule has 270 valence electrons. The maximum atomic E-state index is 5.57. The number of hydrogen-bond acceptors (Lipinski definition) is 1. The van der Waals surface area contributed by atoms with Gasteiger partial charge in [0.2, 0.25) is 0 Å². The molecular weight excluding hydrogens is 703 g/mol. The summed E-state index contributed by atoms with van der Waals surface area (Å²) in [4.78, 5) is 5.57. The van der Waals surface area contributed by atoms with Crippen LogP contribution in [0.25, 0.3) is 110 Å². The zero-order chi connectivity index (χ0) is 38.2. The Morgan fingerprint density at radius 3 is 1.53 bits per heavy atom. The largest absolute Gasteiger partial charge is 0.309 e. The van der Waals surface area contributed by atoms with E-state index in [9.17, 15) is 0 Å². The molecule has 4 heterocycles. The molecule has 0 saturated heterocycles. The van der Waals surface area contributed by atoms with Gasteiger partial charge in [0.1, 0.15) is 5.82 Å². The van der Waals surface area contributed by atoms with E-state index in [0.29, 0.717) is 0 Å². The first kappa shape index (κ1) is 32.5. The molecule has 0 aliphatic heterocycles. The maximum Gasteiger partial charge on any atom is 0.138 e. The first-order valence-electron chi connectivity index (χ1n) is 19.9. The number of rotatable bonds is 5. The van der Waals surface area contributed by atoms with Crippen LogP contribution in [0.4, 0.5) is 0 Å². The third kappa shape index (κ3) is 5.11. The van der Waals surface area contributed by atoms with Gasteiger partial charge in [0, 0.05) is 32.5 Å². The molecule has 0 unspecified atom stereocenters. The smallest absolute Gasteiger partial charge is 0.138 e. The molecule has 0 aliphatic carbocycles. The van der Waals surface area contributed by atoms with Gasteiger partial charge in [-0.3, -0.25) is 4.57 Å². The number of aromatic nitrogens is 3. The van der Waals surface area contributed by atoms with Crippen molar-refractivity contribution >= 4 is 59.9 Å². The van der Waals surface area contributed by atoms with Gasteiger partial charge in [0.15, 0.2) is 0 Å². The fourth-order valence-electron chi connectivity index (χ4n) is 9.15. The average molecular weight is 738 g/mol. The summed E-state index contributed by atoms with van der Waals surface area (Å²) in [5, 5.41) is 7.35. The highest BCUT2D eigenvalue weighted by Crippen LogP contribution is 2.41. The molecule has 0 radical (unpaired) electrons. The highest BCUT2D eigenvalue weighted by atomic mass is 15.1. The second kappa shape index (κ2) is 12.9. The lowest BCUT2D eigenvalue weighted by atomic mass is 9.97. The molecule has 4 aromatic heterocycles. The zero-order valence-corrected chi connectivity index (χ0v) is 31.5. The van der Waals surface area contributed by atoms with Gasteiger partial charge in [-0.1, -0.05) is 152 Å². The van der Waals surface area contributed by atoms with Crippen molar-refractivity contribution < 1.29 is 0 Å². The monoisotopic (exact) mass is 737 g/mol. The summed E-state index contributed by atoms with van der Waals surface area (Å²) in [6.45, 7) is 0. The summed E-state index contributed by atoms with van der Waals surface area (Å²) in [6.07, 6.45) is 0. The van der Waals surface area contributed by atoms with Crippen molar-refractivity contribution in [2.45, 2.75) is 0 Å². The molecule has 58 heavy (non-hydrogen) atoms. The lowest BCUT2D eigenvalue weighted by Gasteiger charge is -2.15. The highest BCUT2D eigenvalue weighted by molar-refractivity contribution is 6.22. The van der Waals surface area contributed by atoms with Crippen LogP contribution in [0.15, 0.2) is 212 Å². The van der Waals surface area contributed by atoms with Crippen LogP contribution in [0.1, 0.15) is 0 Å². The molecule has 0 aliphatic rings. The number of nitrogens with zero attached hydrogens (tertiary/aromatic N) is 3. The number of hydrogen-bond donors (Lipinski definition) is 0. The van der Waals surface area contributed by atoms with Gasteiger partial charge in [-0.05, 0) is 99.4 Å². The predicted octanol–water partition coefficient (Wildman–Crippen LogP) is 14.6. The van der Waals surface area contributed by atoms with E-state index in [0.717, 1.165) is 44.8 Å². The Balaban J connectivity index is 1.16. The SMILES string of the molecule is c1ccc(-c2cccc(-c3cc(-c4cccc(-c5ccccc5)c4)nc(-n4c5ccccc5c5cc6c7ccccc7n7c8ccccc8cc7c6cc54)c3)c2)cc1. The van der Waals surface area contributed by atoms with Crippen molar-refractivity contribution in [2.75, 3.05) is 0 Å². The van der Waals surface area contributed by atoms with Gasteiger partial charge in [-0.15, -0.1) is 0 Å². The fourth-order valence-corrected chi connectivity index (χ4v) is 9.15. The molecule has 0 bridgehead atoms. The summed E-state index contributed by atoms with van der Waals surface area (Å²) in [5.41, 5.74) is 14.9. The van der Waals surface area contributed by atoms with E-state index in [2.05, 4.69) is 221 Å². The molecule has 3 heteroatoms. The predicted molar refractivity (Wildman–Crippen MR) is 244 cm³/mol. The van der Waals surface area contributed by atoms with Crippen molar-refractivity contribution in [1.29, 1.82) is 0 Å². The molecule has 8 aromatic carbocycles. The minimum absolute atomic E-state index is 0.880. The molecule has 12 aromatic rings. The van der Waals surface area contributed by atoms with E-state index in [4.69, 9.17) is 4.98 Å². The third-order valence-electron chi connectivity index (χ3n) is 11.8. The Hall–Kier alpha value is -7.75. The van der Waals surface area contributed by atoms with Gasteiger partial charge >= 0.3 is 0 Å². The number of pyridine rings is 2. The molecule has 12 rings (SSSR count). The van der Waals surface area contributed by atoms with Crippen molar-refractivity contribution in [3.8, 4) is 50.5 Å². The summed E-state index contributed by atoms with van der Waals surface area (Å²) < 4.78 is 4.82. The Morgan fingerprint density at radius 1 is 0.276 bits per heavy atom. The molecular formula is C55H35N3. The molecule has 3 nitrogen and oxygen atoms in total. The number of para-hydroxylation sites is 3. The average Bonchev–Trinajstić information content (AvgIpc) is 3.85. The van der Waals surface area contributed by atoms with E-state index < -0.39 is 0 Å². The Morgan fingerprint density at radius 2 is 0.810 bits per heavy atom. The van der Waals surface area contributed by atoms with Crippen molar-refractivity contribution in [3.05, 3.63) is 212 Å². The third-order valence-corrected chi connectivity index (χ3v) is 11.8. The normalized spacial score (nSPS) is 11.8. The minimum Gasteiger partial charge on any atom is -0.309 e. The van der Waals surface area contributed by atoms with Crippen LogP contribution >= 0.6 is 0 Å². The number of fused-ring (bicyclic) bond motifs is 11. The lowest BCUT2D eigenvalue weighted by Crippen LogP contribution is -2.00. The quantitative estimate of drug-likeness (QED) is 0.161. The van der Waals surface area contributed by atoms with Crippen molar-refractivity contribution in [2.24, 2.45) is 0 Å². The summed E-state index contributed by atoms with van der Waals surface area (Å²) in [7, 11) is 0. The summed E-state index contributed by atoms with van der Waals surface area (Å²) in [5.74, 6) is 0.880. The van der Waals surface area contributed by atoms with Crippen molar-refractivity contribution in [1.82, 2.24) is 14.0 Å². The minimum atomic E-state index is 0.880. The second-order valence-electron chi connectivity index (χ2n) is 15.2.